The van der Waals surface area contributed by atoms with Crippen LogP contribution in [-0.4, -0.2) is 18.0 Å². The molecule has 0 atom stereocenters. The van der Waals surface area contributed by atoms with Crippen molar-refractivity contribution in [2.24, 2.45) is 5.73 Å². The lowest BCUT2D eigenvalue weighted by Gasteiger charge is -2.25. The van der Waals surface area contributed by atoms with E-state index in [1.165, 1.54) is 6.07 Å². The Morgan fingerprint density at radius 3 is 2.48 bits per heavy atom. The average molecular weight is 306 g/mol. The number of nitro benzene ring substituents is 1. The highest BCUT2D eigenvalue weighted by atomic mass is 35.5. The summed E-state index contributed by atoms with van der Waals surface area (Å²) in [6.45, 7) is 1.39. The third kappa shape index (κ3) is 3.71. The van der Waals surface area contributed by atoms with Gasteiger partial charge in [-0.1, -0.05) is 48.0 Å². The molecular weight excluding hydrogens is 290 g/mol. The Morgan fingerprint density at radius 2 is 1.86 bits per heavy atom. The molecule has 0 radical (unpaired) electrons. The first kappa shape index (κ1) is 15.3. The molecule has 0 bridgehead atoms. The maximum absolute atomic E-state index is 11.2. The van der Waals surface area contributed by atoms with E-state index < -0.39 is 4.92 Å². The van der Waals surface area contributed by atoms with Crippen molar-refractivity contribution >= 4 is 23.0 Å². The summed E-state index contributed by atoms with van der Waals surface area (Å²) in [5.41, 5.74) is 7.09. The van der Waals surface area contributed by atoms with Crippen molar-refractivity contribution in [3.05, 3.63) is 69.2 Å². The number of rotatable bonds is 6. The zero-order valence-corrected chi connectivity index (χ0v) is 12.2. The second-order valence-corrected chi connectivity index (χ2v) is 4.97. The van der Waals surface area contributed by atoms with Gasteiger partial charge in [0.25, 0.3) is 5.69 Å². The monoisotopic (exact) mass is 305 g/mol. The summed E-state index contributed by atoms with van der Waals surface area (Å²) in [4.78, 5) is 12.6. The maximum Gasteiger partial charge on any atom is 0.294 e. The molecule has 0 amide bonds. The van der Waals surface area contributed by atoms with E-state index in [2.05, 4.69) is 0 Å². The molecule has 6 heteroatoms. The van der Waals surface area contributed by atoms with Crippen molar-refractivity contribution in [1.29, 1.82) is 0 Å². The van der Waals surface area contributed by atoms with Crippen LogP contribution < -0.4 is 10.6 Å². The summed E-state index contributed by atoms with van der Waals surface area (Å²) in [6, 6.07) is 14.4. The van der Waals surface area contributed by atoms with Gasteiger partial charge < -0.3 is 10.6 Å². The highest BCUT2D eigenvalue weighted by Gasteiger charge is 2.22. The lowest BCUT2D eigenvalue weighted by Crippen LogP contribution is -2.29. The van der Waals surface area contributed by atoms with Crippen LogP contribution in [0.1, 0.15) is 5.56 Å². The number of hydrogen-bond donors (Lipinski definition) is 1. The molecular formula is C15H16ClN3O2. The van der Waals surface area contributed by atoms with E-state index in [4.69, 9.17) is 17.3 Å². The Hall–Kier alpha value is -2.11. The van der Waals surface area contributed by atoms with Gasteiger partial charge in [-0.05, 0) is 11.6 Å². The molecule has 0 saturated carbocycles. The van der Waals surface area contributed by atoms with Crippen molar-refractivity contribution in [1.82, 2.24) is 0 Å². The molecule has 0 fully saturated rings. The molecule has 21 heavy (non-hydrogen) atoms. The molecule has 2 N–H and O–H groups in total. The predicted molar refractivity (Wildman–Crippen MR) is 84.7 cm³/mol. The summed E-state index contributed by atoms with van der Waals surface area (Å²) >= 11 is 6.18. The minimum absolute atomic E-state index is 0.00752. The number of para-hydroxylation sites is 1. The van der Waals surface area contributed by atoms with E-state index in [-0.39, 0.29) is 5.69 Å². The minimum Gasteiger partial charge on any atom is -0.359 e. The normalized spacial score (nSPS) is 10.4. The number of anilines is 1. The summed E-state index contributed by atoms with van der Waals surface area (Å²) in [5, 5.41) is 11.6. The fourth-order valence-electron chi connectivity index (χ4n) is 2.19. The fraction of sp³-hybridized carbons (Fsp3) is 0.200. The minimum atomic E-state index is -0.421. The Labute approximate surface area is 128 Å². The molecule has 0 aliphatic carbocycles. The molecule has 0 aromatic heterocycles. The van der Waals surface area contributed by atoms with Gasteiger partial charge in [0, 0.05) is 25.7 Å². The van der Waals surface area contributed by atoms with Crippen LogP contribution in [0.3, 0.4) is 0 Å². The third-order valence-electron chi connectivity index (χ3n) is 3.09. The number of halogens is 1. The molecule has 0 unspecified atom stereocenters. The van der Waals surface area contributed by atoms with Crippen LogP contribution in [-0.2, 0) is 6.54 Å². The standard InChI is InChI=1S/C15H16ClN3O2/c16-13-7-4-8-14(19(20)21)15(13)18(10-9-17)11-12-5-2-1-3-6-12/h1-8H,9-11,17H2. The molecule has 0 saturated heterocycles. The first-order chi connectivity index (χ1) is 10.1. The van der Waals surface area contributed by atoms with E-state index in [0.29, 0.717) is 30.3 Å². The first-order valence-corrected chi connectivity index (χ1v) is 6.93. The summed E-state index contributed by atoms with van der Waals surface area (Å²) in [7, 11) is 0. The van der Waals surface area contributed by atoms with E-state index >= 15 is 0 Å². The van der Waals surface area contributed by atoms with Crippen LogP contribution in [0.25, 0.3) is 0 Å². The molecule has 2 aromatic rings. The molecule has 0 spiro atoms. The Bertz CT molecular complexity index is 620. The molecule has 110 valence electrons. The Balaban J connectivity index is 2.41. The Morgan fingerprint density at radius 1 is 1.14 bits per heavy atom. The molecule has 5 nitrogen and oxygen atoms in total. The number of benzene rings is 2. The van der Waals surface area contributed by atoms with Crippen LogP contribution in [0, 0.1) is 10.1 Å². The number of nitrogens with zero attached hydrogens (tertiary/aromatic N) is 2. The van der Waals surface area contributed by atoms with Crippen LogP contribution in [0.5, 0.6) is 0 Å². The van der Waals surface area contributed by atoms with Gasteiger partial charge >= 0.3 is 0 Å². The molecule has 0 aliphatic rings. The van der Waals surface area contributed by atoms with Gasteiger partial charge in [-0.2, -0.15) is 0 Å². The zero-order valence-electron chi connectivity index (χ0n) is 11.4. The van der Waals surface area contributed by atoms with Crippen molar-refractivity contribution < 1.29 is 4.92 Å². The van der Waals surface area contributed by atoms with E-state index in [9.17, 15) is 10.1 Å². The lowest BCUT2D eigenvalue weighted by atomic mass is 10.1. The summed E-state index contributed by atoms with van der Waals surface area (Å²) in [5.74, 6) is 0. The number of nitrogens with two attached hydrogens (primary N) is 1. The Kier molecular flexibility index (Phi) is 5.14. The topological polar surface area (TPSA) is 72.4 Å². The smallest absolute Gasteiger partial charge is 0.294 e. The van der Waals surface area contributed by atoms with Crippen LogP contribution >= 0.6 is 11.6 Å². The highest BCUT2D eigenvalue weighted by molar-refractivity contribution is 6.33. The fourth-order valence-corrected chi connectivity index (χ4v) is 2.48. The van der Waals surface area contributed by atoms with E-state index in [1.807, 2.05) is 35.2 Å². The van der Waals surface area contributed by atoms with Gasteiger partial charge in [-0.3, -0.25) is 10.1 Å². The van der Waals surface area contributed by atoms with Crippen LogP contribution in [0.2, 0.25) is 5.02 Å². The van der Waals surface area contributed by atoms with Gasteiger partial charge in [0.15, 0.2) is 0 Å². The molecule has 2 aromatic carbocycles. The van der Waals surface area contributed by atoms with Crippen LogP contribution in [0.15, 0.2) is 48.5 Å². The second kappa shape index (κ2) is 7.06. The van der Waals surface area contributed by atoms with Crippen molar-refractivity contribution in [2.75, 3.05) is 18.0 Å². The lowest BCUT2D eigenvalue weighted by molar-refractivity contribution is -0.384. The average Bonchev–Trinajstić information content (AvgIpc) is 2.47. The van der Waals surface area contributed by atoms with Crippen molar-refractivity contribution in [2.45, 2.75) is 6.54 Å². The molecule has 2 rings (SSSR count). The molecule has 0 aliphatic heterocycles. The highest BCUT2D eigenvalue weighted by Crippen LogP contribution is 2.36. The zero-order chi connectivity index (χ0) is 15.2. The number of nitro groups is 1. The summed E-state index contributed by atoms with van der Waals surface area (Å²) in [6.07, 6.45) is 0. The largest absolute Gasteiger partial charge is 0.359 e. The van der Waals surface area contributed by atoms with Gasteiger partial charge in [-0.25, -0.2) is 0 Å². The summed E-state index contributed by atoms with van der Waals surface area (Å²) < 4.78 is 0. The van der Waals surface area contributed by atoms with E-state index in [0.717, 1.165) is 5.56 Å². The second-order valence-electron chi connectivity index (χ2n) is 4.56. The number of hydrogen-bond acceptors (Lipinski definition) is 4. The molecule has 0 heterocycles. The van der Waals surface area contributed by atoms with E-state index in [1.54, 1.807) is 12.1 Å². The van der Waals surface area contributed by atoms with Gasteiger partial charge in [0.05, 0.1) is 9.95 Å². The van der Waals surface area contributed by atoms with Gasteiger partial charge in [0.2, 0.25) is 0 Å². The third-order valence-corrected chi connectivity index (χ3v) is 3.40. The van der Waals surface area contributed by atoms with Gasteiger partial charge in [-0.15, -0.1) is 0 Å². The quantitative estimate of drug-likeness (QED) is 0.657. The van der Waals surface area contributed by atoms with Crippen LogP contribution in [0.4, 0.5) is 11.4 Å². The predicted octanol–water partition coefficient (Wildman–Crippen LogP) is 3.21. The maximum atomic E-state index is 11.2. The van der Waals surface area contributed by atoms with Gasteiger partial charge in [0.1, 0.15) is 5.69 Å². The SMILES string of the molecule is NCCN(Cc1ccccc1)c1c(Cl)cccc1[N+](=O)[O-]. The first-order valence-electron chi connectivity index (χ1n) is 6.55. The van der Waals surface area contributed by atoms with Crippen molar-refractivity contribution in [3.63, 3.8) is 0 Å². The van der Waals surface area contributed by atoms with Crippen molar-refractivity contribution in [3.8, 4) is 0 Å².